The van der Waals surface area contributed by atoms with Crippen molar-refractivity contribution in [2.24, 2.45) is 5.92 Å². The van der Waals surface area contributed by atoms with Gasteiger partial charge in [0.1, 0.15) is 17.6 Å². The number of para-hydroxylation sites is 2. The van der Waals surface area contributed by atoms with E-state index in [9.17, 15) is 9.59 Å². The Hall–Kier alpha value is -3.28. The maximum absolute atomic E-state index is 12.8. The van der Waals surface area contributed by atoms with Crippen LogP contribution in [0.3, 0.4) is 0 Å². The van der Waals surface area contributed by atoms with E-state index < -0.39 is 0 Å². The van der Waals surface area contributed by atoms with Crippen LogP contribution in [0.5, 0.6) is 23.0 Å². The molecule has 2 aromatic carbocycles. The smallest absolute Gasteiger partial charge is 0.314 e. The molecule has 0 spiro atoms. The molecule has 0 fully saturated rings. The highest BCUT2D eigenvalue weighted by atomic mass is 16.5. The van der Waals surface area contributed by atoms with Gasteiger partial charge in [0.15, 0.2) is 11.5 Å². The normalized spacial score (nSPS) is 10.9. The molecule has 0 aliphatic carbocycles. The Morgan fingerprint density at radius 2 is 1.72 bits per heavy atom. The van der Waals surface area contributed by atoms with E-state index in [0.29, 0.717) is 47.7 Å². The molecular weight excluding hydrogens is 372 g/mol. The molecule has 1 aromatic heterocycles. The fraction of sp³-hybridized carbons (Fsp3) is 0.304. The van der Waals surface area contributed by atoms with Crippen LogP contribution < -0.4 is 19.6 Å². The second-order valence-corrected chi connectivity index (χ2v) is 6.50. The quantitative estimate of drug-likeness (QED) is 0.379. The van der Waals surface area contributed by atoms with Gasteiger partial charge in [0, 0.05) is 6.07 Å². The number of ether oxygens (including phenoxy) is 3. The van der Waals surface area contributed by atoms with Crippen LogP contribution in [0.2, 0.25) is 0 Å². The second kappa shape index (κ2) is 9.28. The van der Waals surface area contributed by atoms with Gasteiger partial charge < -0.3 is 18.6 Å². The van der Waals surface area contributed by atoms with Gasteiger partial charge in [0.25, 0.3) is 0 Å². The first-order valence-electron chi connectivity index (χ1n) is 9.74. The van der Waals surface area contributed by atoms with E-state index in [-0.39, 0.29) is 23.1 Å². The molecule has 152 valence electrons. The average Bonchev–Trinajstić information content (AvgIpc) is 2.72. The van der Waals surface area contributed by atoms with Crippen molar-refractivity contribution in [1.82, 2.24) is 0 Å². The van der Waals surface area contributed by atoms with Crippen LogP contribution in [0.1, 0.15) is 33.6 Å². The van der Waals surface area contributed by atoms with Crippen molar-refractivity contribution in [3.05, 3.63) is 59.0 Å². The van der Waals surface area contributed by atoms with Crippen LogP contribution in [0.25, 0.3) is 11.0 Å². The van der Waals surface area contributed by atoms with Gasteiger partial charge in [0.05, 0.1) is 17.9 Å². The molecule has 0 radical (unpaired) electrons. The van der Waals surface area contributed by atoms with Gasteiger partial charge in [-0.1, -0.05) is 26.0 Å². The number of benzene rings is 2. The lowest BCUT2D eigenvalue weighted by Gasteiger charge is -2.12. The Labute approximate surface area is 169 Å². The summed E-state index contributed by atoms with van der Waals surface area (Å²) >= 11 is 0. The molecule has 0 N–H and O–H groups in total. The Morgan fingerprint density at radius 3 is 2.41 bits per heavy atom. The Morgan fingerprint density at radius 1 is 1.00 bits per heavy atom. The van der Waals surface area contributed by atoms with E-state index >= 15 is 0 Å². The Kier molecular flexibility index (Phi) is 6.54. The predicted molar refractivity (Wildman–Crippen MR) is 110 cm³/mol. The maximum Gasteiger partial charge on any atom is 0.314 e. The zero-order chi connectivity index (χ0) is 20.8. The minimum Gasteiger partial charge on any atom is -0.490 e. The molecule has 6 nitrogen and oxygen atoms in total. The lowest BCUT2D eigenvalue weighted by molar-refractivity contribution is -0.139. The highest BCUT2D eigenvalue weighted by molar-refractivity contribution is 5.81. The molecule has 6 heteroatoms. The van der Waals surface area contributed by atoms with Gasteiger partial charge >= 0.3 is 5.97 Å². The Bertz CT molecular complexity index is 1050. The number of hydrogen-bond acceptors (Lipinski definition) is 6. The van der Waals surface area contributed by atoms with E-state index in [4.69, 9.17) is 18.6 Å². The van der Waals surface area contributed by atoms with Crippen molar-refractivity contribution in [1.29, 1.82) is 0 Å². The molecule has 1 heterocycles. The van der Waals surface area contributed by atoms with Crippen LogP contribution in [0.4, 0.5) is 0 Å². The first-order chi connectivity index (χ1) is 14.1. The van der Waals surface area contributed by atoms with Gasteiger partial charge in [0.2, 0.25) is 11.2 Å². The summed E-state index contributed by atoms with van der Waals surface area (Å²) < 4.78 is 22.3. The zero-order valence-corrected chi connectivity index (χ0v) is 16.8. The van der Waals surface area contributed by atoms with Crippen LogP contribution in [0.15, 0.2) is 57.9 Å². The molecule has 3 aromatic rings. The van der Waals surface area contributed by atoms with Crippen molar-refractivity contribution in [2.45, 2.75) is 33.6 Å². The maximum atomic E-state index is 12.8. The molecule has 0 atom stereocenters. The van der Waals surface area contributed by atoms with Gasteiger partial charge in [-0.05, 0) is 44.0 Å². The van der Waals surface area contributed by atoms with Crippen molar-refractivity contribution in [3.8, 4) is 23.0 Å². The monoisotopic (exact) mass is 396 g/mol. The van der Waals surface area contributed by atoms with Crippen LogP contribution in [0, 0.1) is 5.92 Å². The molecule has 3 rings (SSSR count). The number of hydrogen-bond donors (Lipinski definition) is 0. The molecule has 0 bridgehead atoms. The molecule has 0 aliphatic heterocycles. The number of fused-ring (bicyclic) bond motifs is 1. The van der Waals surface area contributed by atoms with Crippen molar-refractivity contribution >= 4 is 16.9 Å². The van der Waals surface area contributed by atoms with Crippen LogP contribution >= 0.6 is 0 Å². The van der Waals surface area contributed by atoms with E-state index in [2.05, 4.69) is 0 Å². The van der Waals surface area contributed by atoms with E-state index in [1.807, 2.05) is 26.8 Å². The minimum atomic E-state index is -0.324. The summed E-state index contributed by atoms with van der Waals surface area (Å²) in [7, 11) is 0. The predicted octanol–water partition coefficient (Wildman–Crippen LogP) is 5.33. The average molecular weight is 396 g/mol. The van der Waals surface area contributed by atoms with Gasteiger partial charge in [-0.15, -0.1) is 0 Å². The summed E-state index contributed by atoms with van der Waals surface area (Å²) in [5, 5.41) is 0.332. The molecular formula is C23H24O6. The van der Waals surface area contributed by atoms with E-state index in [1.54, 1.807) is 30.3 Å². The van der Waals surface area contributed by atoms with Crippen molar-refractivity contribution < 1.29 is 23.4 Å². The minimum absolute atomic E-state index is 0.0476. The number of rotatable bonds is 8. The van der Waals surface area contributed by atoms with Crippen molar-refractivity contribution in [3.63, 3.8) is 0 Å². The fourth-order valence-corrected chi connectivity index (χ4v) is 2.97. The molecule has 29 heavy (non-hydrogen) atoms. The SMILES string of the molecule is CCOc1ccccc1Oc1coc2cc(OC(=O)C(CC)CC)ccc2c1=O. The van der Waals surface area contributed by atoms with Crippen LogP contribution in [-0.2, 0) is 4.79 Å². The topological polar surface area (TPSA) is 75.0 Å². The lowest BCUT2D eigenvalue weighted by Crippen LogP contribution is -2.19. The number of carbonyl (C=O) groups excluding carboxylic acids is 1. The zero-order valence-electron chi connectivity index (χ0n) is 16.8. The summed E-state index contributed by atoms with van der Waals surface area (Å²) in [6, 6.07) is 11.8. The standard InChI is InChI=1S/C23H24O6/c1-4-15(5-2)23(25)28-16-11-12-17-20(13-16)27-14-21(22(17)24)29-19-10-8-7-9-18(19)26-6-3/h7-15H,4-6H2,1-3H3. The third-order valence-electron chi connectivity index (χ3n) is 4.62. The van der Waals surface area contributed by atoms with Crippen LogP contribution in [-0.4, -0.2) is 12.6 Å². The highest BCUT2D eigenvalue weighted by Crippen LogP contribution is 2.31. The lowest BCUT2D eigenvalue weighted by atomic mass is 10.0. The summed E-state index contributed by atoms with van der Waals surface area (Å²) in [4.78, 5) is 25.0. The van der Waals surface area contributed by atoms with E-state index in [1.165, 1.54) is 12.3 Å². The van der Waals surface area contributed by atoms with Gasteiger partial charge in [-0.3, -0.25) is 9.59 Å². The van der Waals surface area contributed by atoms with E-state index in [0.717, 1.165) is 0 Å². The summed E-state index contributed by atoms with van der Waals surface area (Å²) in [5.41, 5.74) is -0.00860. The summed E-state index contributed by atoms with van der Waals surface area (Å²) in [6.07, 6.45) is 2.67. The summed E-state index contributed by atoms with van der Waals surface area (Å²) in [5.74, 6) is 0.914. The number of esters is 1. The molecule has 0 amide bonds. The molecule has 0 saturated heterocycles. The molecule has 0 unspecified atom stereocenters. The van der Waals surface area contributed by atoms with Gasteiger partial charge in [-0.25, -0.2) is 0 Å². The summed E-state index contributed by atoms with van der Waals surface area (Å²) in [6.45, 7) is 6.24. The second-order valence-electron chi connectivity index (χ2n) is 6.50. The Balaban J connectivity index is 1.87. The first kappa shape index (κ1) is 20.5. The molecule has 0 saturated carbocycles. The fourth-order valence-electron chi connectivity index (χ4n) is 2.97. The van der Waals surface area contributed by atoms with Crippen molar-refractivity contribution in [2.75, 3.05) is 6.61 Å². The first-order valence-corrected chi connectivity index (χ1v) is 9.74. The highest BCUT2D eigenvalue weighted by Gasteiger charge is 2.18. The number of carbonyl (C=O) groups is 1. The molecule has 0 aliphatic rings. The largest absolute Gasteiger partial charge is 0.490 e. The van der Waals surface area contributed by atoms with Gasteiger partial charge in [-0.2, -0.15) is 0 Å². The third kappa shape index (κ3) is 4.59. The third-order valence-corrected chi connectivity index (χ3v) is 4.62.